The van der Waals surface area contributed by atoms with Crippen LogP contribution < -0.4 is 19.5 Å². The van der Waals surface area contributed by atoms with Gasteiger partial charge in [0, 0.05) is 18.2 Å². The fraction of sp³-hybridized carbons (Fsp3) is 0.519. The molecule has 1 amide bonds. The lowest BCUT2D eigenvalue weighted by Gasteiger charge is -2.25. The summed E-state index contributed by atoms with van der Waals surface area (Å²) in [4.78, 5) is 13.4. The Hall–Kier alpha value is -2.58. The monoisotopic (exact) mass is 504 g/mol. The number of methoxy groups -OCH3 is 2. The molecule has 1 atom stereocenters. The molecular formula is C27H40N2O5S. The van der Waals surface area contributed by atoms with Gasteiger partial charge in [0.1, 0.15) is 11.5 Å². The largest absolute Gasteiger partial charge is 0.497 e. The zero-order chi connectivity index (χ0) is 26.2. The Morgan fingerprint density at radius 3 is 2.31 bits per heavy atom. The number of unbranched alkanes of at least 4 members (excludes halogenated alkanes) is 2. The van der Waals surface area contributed by atoms with Gasteiger partial charge in [-0.1, -0.05) is 59.1 Å². The van der Waals surface area contributed by atoms with E-state index in [1.54, 1.807) is 26.4 Å². The summed E-state index contributed by atoms with van der Waals surface area (Å²) in [6.45, 7) is 8.23. The van der Waals surface area contributed by atoms with Gasteiger partial charge in [0.2, 0.25) is 15.9 Å². The second kappa shape index (κ2) is 12.4. The fourth-order valence-electron chi connectivity index (χ4n) is 4.15. The number of hydrogen-bond acceptors (Lipinski definition) is 5. The average molecular weight is 505 g/mol. The van der Waals surface area contributed by atoms with Crippen molar-refractivity contribution in [2.24, 2.45) is 0 Å². The van der Waals surface area contributed by atoms with Crippen LogP contribution in [0.15, 0.2) is 41.3 Å². The lowest BCUT2D eigenvalue weighted by molar-refractivity contribution is -0.116. The molecule has 7 nitrogen and oxygen atoms in total. The van der Waals surface area contributed by atoms with Gasteiger partial charge in [-0.15, -0.1) is 0 Å². The van der Waals surface area contributed by atoms with Crippen molar-refractivity contribution in [2.45, 2.75) is 76.0 Å². The van der Waals surface area contributed by atoms with Gasteiger partial charge in [0.25, 0.3) is 0 Å². The molecule has 2 N–H and O–H groups in total. The van der Waals surface area contributed by atoms with E-state index in [2.05, 4.69) is 17.0 Å². The summed E-state index contributed by atoms with van der Waals surface area (Å²) in [5.41, 5.74) is 2.05. The lowest BCUT2D eigenvalue weighted by Crippen LogP contribution is -2.23. The van der Waals surface area contributed by atoms with Crippen molar-refractivity contribution in [1.29, 1.82) is 0 Å². The minimum absolute atomic E-state index is 0.0512. The van der Waals surface area contributed by atoms with E-state index in [9.17, 15) is 13.2 Å². The summed E-state index contributed by atoms with van der Waals surface area (Å²) < 4.78 is 38.1. The summed E-state index contributed by atoms with van der Waals surface area (Å²) in [5, 5.41) is 3.01. The third-order valence-electron chi connectivity index (χ3n) is 6.12. The second-order valence-electron chi connectivity index (χ2n) is 9.72. The number of hydrogen-bond donors (Lipinski definition) is 2. The van der Waals surface area contributed by atoms with Gasteiger partial charge < -0.3 is 14.8 Å². The number of nitrogens with one attached hydrogen (secondary N) is 2. The number of sulfonamides is 1. The molecule has 0 fully saturated rings. The topological polar surface area (TPSA) is 93.7 Å². The van der Waals surface area contributed by atoms with E-state index in [-0.39, 0.29) is 28.6 Å². The molecule has 0 spiro atoms. The van der Waals surface area contributed by atoms with Gasteiger partial charge in [0.15, 0.2) is 0 Å². The van der Waals surface area contributed by atoms with Crippen LogP contribution in [0.2, 0.25) is 0 Å². The molecule has 8 heteroatoms. The van der Waals surface area contributed by atoms with Crippen LogP contribution in [-0.2, 0) is 20.2 Å². The number of amides is 1. The van der Waals surface area contributed by atoms with Gasteiger partial charge in [0.05, 0.1) is 19.1 Å². The molecule has 0 saturated heterocycles. The van der Waals surface area contributed by atoms with Crippen LogP contribution in [0.25, 0.3) is 0 Å². The van der Waals surface area contributed by atoms with Crippen molar-refractivity contribution in [2.75, 3.05) is 26.6 Å². The molecule has 0 aliphatic heterocycles. The number of rotatable bonds is 12. The van der Waals surface area contributed by atoms with Crippen LogP contribution in [0.1, 0.15) is 76.8 Å². The van der Waals surface area contributed by atoms with Crippen molar-refractivity contribution in [3.8, 4) is 11.5 Å². The summed E-state index contributed by atoms with van der Waals surface area (Å²) in [6.07, 6.45) is 4.24. The van der Waals surface area contributed by atoms with Crippen molar-refractivity contribution in [3.63, 3.8) is 0 Å². The highest BCUT2D eigenvalue weighted by atomic mass is 32.2. The lowest BCUT2D eigenvalue weighted by atomic mass is 9.85. The van der Waals surface area contributed by atoms with E-state index in [0.29, 0.717) is 17.2 Å². The minimum Gasteiger partial charge on any atom is -0.497 e. The molecule has 0 aromatic heterocycles. The van der Waals surface area contributed by atoms with Crippen LogP contribution in [0.4, 0.5) is 5.69 Å². The molecule has 0 radical (unpaired) electrons. The van der Waals surface area contributed by atoms with E-state index in [0.717, 1.165) is 36.8 Å². The summed E-state index contributed by atoms with van der Waals surface area (Å²) in [6, 6.07) is 10.5. The molecule has 0 aliphatic rings. The second-order valence-corrected chi connectivity index (χ2v) is 11.6. The first kappa shape index (κ1) is 28.7. The Balaban J connectivity index is 2.39. The van der Waals surface area contributed by atoms with E-state index in [4.69, 9.17) is 9.47 Å². The third-order valence-corrected chi connectivity index (χ3v) is 7.53. The Labute approximate surface area is 210 Å². The zero-order valence-corrected chi connectivity index (χ0v) is 22.8. The summed E-state index contributed by atoms with van der Waals surface area (Å²) in [7, 11) is 0.947. The average Bonchev–Trinajstić information content (AvgIpc) is 2.82. The van der Waals surface area contributed by atoms with E-state index >= 15 is 0 Å². The van der Waals surface area contributed by atoms with E-state index in [1.807, 2.05) is 39.0 Å². The third kappa shape index (κ3) is 7.70. The number of benzene rings is 2. The minimum atomic E-state index is -3.65. The van der Waals surface area contributed by atoms with Crippen LogP contribution in [0.5, 0.6) is 11.5 Å². The number of carbonyl (C=O) groups is 1. The van der Waals surface area contributed by atoms with Gasteiger partial charge in [-0.05, 0) is 54.1 Å². The maximum absolute atomic E-state index is 13.3. The first-order valence-corrected chi connectivity index (χ1v) is 13.5. The standard InChI is InChI=1S/C27H40N2O5S/c1-8-9-10-11-19(22-14-12-20(33-6)17-25(22)34-7)16-26(30)29-24-18-21(35(31,32)28-5)13-15-23(24)27(2,3)4/h12-15,17-19,28H,8-11,16H2,1-7H3,(H,29,30). The van der Waals surface area contributed by atoms with Crippen molar-refractivity contribution < 1.29 is 22.7 Å². The van der Waals surface area contributed by atoms with Gasteiger partial charge >= 0.3 is 0 Å². The van der Waals surface area contributed by atoms with Gasteiger partial charge in [-0.3, -0.25) is 4.79 Å². The van der Waals surface area contributed by atoms with Crippen LogP contribution >= 0.6 is 0 Å². The highest BCUT2D eigenvalue weighted by Crippen LogP contribution is 2.37. The van der Waals surface area contributed by atoms with E-state index < -0.39 is 10.0 Å². The number of anilines is 1. The molecular weight excluding hydrogens is 464 g/mol. The van der Waals surface area contributed by atoms with Crippen molar-refractivity contribution in [3.05, 3.63) is 47.5 Å². The van der Waals surface area contributed by atoms with Crippen molar-refractivity contribution in [1.82, 2.24) is 4.72 Å². The summed E-state index contributed by atoms with van der Waals surface area (Å²) >= 11 is 0. The molecule has 35 heavy (non-hydrogen) atoms. The SMILES string of the molecule is CCCCCC(CC(=O)Nc1cc(S(=O)(=O)NC)ccc1C(C)(C)C)c1ccc(OC)cc1OC. The molecule has 2 rings (SSSR count). The highest BCUT2D eigenvalue weighted by molar-refractivity contribution is 7.89. The molecule has 1 unspecified atom stereocenters. The first-order valence-electron chi connectivity index (χ1n) is 12.1. The van der Waals surface area contributed by atoms with Gasteiger partial charge in [-0.2, -0.15) is 0 Å². The van der Waals surface area contributed by atoms with Crippen LogP contribution in [-0.4, -0.2) is 35.6 Å². The Kier molecular flexibility index (Phi) is 10.2. The van der Waals surface area contributed by atoms with E-state index in [1.165, 1.54) is 13.1 Å². The highest BCUT2D eigenvalue weighted by Gasteiger charge is 2.25. The predicted molar refractivity (Wildman–Crippen MR) is 141 cm³/mol. The zero-order valence-electron chi connectivity index (χ0n) is 22.0. The number of carbonyl (C=O) groups excluding carboxylic acids is 1. The summed E-state index contributed by atoms with van der Waals surface area (Å²) in [5.74, 6) is 1.16. The molecule has 0 bridgehead atoms. The first-order chi connectivity index (χ1) is 16.5. The molecule has 0 saturated carbocycles. The maximum atomic E-state index is 13.3. The van der Waals surface area contributed by atoms with Crippen LogP contribution in [0, 0.1) is 0 Å². The van der Waals surface area contributed by atoms with Crippen molar-refractivity contribution >= 4 is 21.6 Å². The maximum Gasteiger partial charge on any atom is 0.240 e. The Morgan fingerprint density at radius 1 is 1.03 bits per heavy atom. The molecule has 194 valence electrons. The normalized spacial score (nSPS) is 12.8. The van der Waals surface area contributed by atoms with Crippen LogP contribution in [0.3, 0.4) is 0 Å². The quantitative estimate of drug-likeness (QED) is 0.367. The Bertz CT molecular complexity index is 1110. The Morgan fingerprint density at radius 2 is 1.74 bits per heavy atom. The molecule has 0 aliphatic carbocycles. The molecule has 2 aromatic carbocycles. The number of ether oxygens (including phenoxy) is 2. The predicted octanol–water partition coefficient (Wildman–Crippen LogP) is 5.60. The van der Waals surface area contributed by atoms with Gasteiger partial charge in [-0.25, -0.2) is 13.1 Å². The molecule has 2 aromatic rings. The molecule has 0 heterocycles. The smallest absolute Gasteiger partial charge is 0.240 e. The fourth-order valence-corrected chi connectivity index (χ4v) is 4.91.